The predicted molar refractivity (Wildman–Crippen MR) is 115 cm³/mol. The van der Waals surface area contributed by atoms with Gasteiger partial charge in [-0.25, -0.2) is 17.1 Å². The number of halogens is 1. The van der Waals surface area contributed by atoms with Gasteiger partial charge >= 0.3 is 0 Å². The summed E-state index contributed by atoms with van der Waals surface area (Å²) in [5.74, 6) is -0.829. The van der Waals surface area contributed by atoms with E-state index in [4.69, 9.17) is 4.42 Å². The first-order valence-electron chi connectivity index (χ1n) is 9.71. The largest absolute Gasteiger partial charge is 0.467 e. The lowest BCUT2D eigenvalue weighted by atomic mass is 10.1. The minimum absolute atomic E-state index is 0.0746. The molecule has 1 N–H and O–H groups in total. The zero-order valence-corrected chi connectivity index (χ0v) is 17.9. The molecule has 2 amide bonds. The molecule has 1 aliphatic heterocycles. The molecule has 0 aliphatic carbocycles. The number of benzene rings is 2. The van der Waals surface area contributed by atoms with E-state index >= 15 is 0 Å². The molecule has 2 heterocycles. The SMILES string of the molecule is CC1=C(c2ccc(F)cc2)S(=O)(=O)N(Cc2ccc(C(=O)NCc3ccco3)cc2)C1=O. The number of nitrogens with zero attached hydrogens (tertiary/aromatic N) is 1. The van der Waals surface area contributed by atoms with E-state index in [0.29, 0.717) is 16.9 Å². The molecule has 0 fully saturated rings. The Labute approximate surface area is 184 Å². The number of sulfonamides is 1. The van der Waals surface area contributed by atoms with Gasteiger partial charge in [-0.1, -0.05) is 24.3 Å². The number of carbonyl (C=O) groups is 2. The van der Waals surface area contributed by atoms with E-state index in [1.165, 1.54) is 25.3 Å². The van der Waals surface area contributed by atoms with E-state index in [2.05, 4.69) is 5.32 Å². The zero-order valence-electron chi connectivity index (χ0n) is 17.0. The van der Waals surface area contributed by atoms with Crippen LogP contribution in [0.15, 0.2) is 76.9 Å². The van der Waals surface area contributed by atoms with Crippen molar-refractivity contribution >= 4 is 26.7 Å². The van der Waals surface area contributed by atoms with Crippen molar-refractivity contribution in [2.24, 2.45) is 0 Å². The van der Waals surface area contributed by atoms with Gasteiger partial charge in [-0.15, -0.1) is 0 Å². The van der Waals surface area contributed by atoms with E-state index in [-0.39, 0.29) is 35.0 Å². The molecule has 0 bridgehead atoms. The summed E-state index contributed by atoms with van der Waals surface area (Å²) in [5.41, 5.74) is 1.25. The van der Waals surface area contributed by atoms with E-state index in [1.807, 2.05) is 0 Å². The van der Waals surface area contributed by atoms with Gasteiger partial charge in [-0.3, -0.25) is 9.59 Å². The highest BCUT2D eigenvalue weighted by molar-refractivity contribution is 7.99. The summed E-state index contributed by atoms with van der Waals surface area (Å²) in [6, 6.07) is 14.7. The third-order valence-corrected chi connectivity index (χ3v) is 7.02. The standard InChI is InChI=1S/C23H19FN2O5S/c1-15-21(17-8-10-19(24)11-9-17)32(29,30)26(23(15)28)14-16-4-6-18(7-5-16)22(27)25-13-20-3-2-12-31-20/h2-12H,13-14H2,1H3,(H,25,27). The second-order valence-corrected chi connectivity index (χ2v) is 9.04. The van der Waals surface area contributed by atoms with Crippen LogP contribution in [-0.2, 0) is 27.9 Å². The van der Waals surface area contributed by atoms with Crippen LogP contribution in [0, 0.1) is 5.82 Å². The summed E-state index contributed by atoms with van der Waals surface area (Å²) >= 11 is 0. The van der Waals surface area contributed by atoms with E-state index in [0.717, 1.165) is 16.4 Å². The number of nitrogens with one attached hydrogen (secondary N) is 1. The maximum atomic E-state index is 13.2. The minimum Gasteiger partial charge on any atom is -0.467 e. The average Bonchev–Trinajstić information content (AvgIpc) is 3.35. The Bertz CT molecular complexity index is 1300. The van der Waals surface area contributed by atoms with Gasteiger partial charge in [0, 0.05) is 11.1 Å². The summed E-state index contributed by atoms with van der Waals surface area (Å²) in [7, 11) is -4.10. The fraction of sp³-hybridized carbons (Fsp3) is 0.130. The first-order chi connectivity index (χ1) is 15.3. The van der Waals surface area contributed by atoms with Gasteiger partial charge < -0.3 is 9.73 Å². The van der Waals surface area contributed by atoms with Gasteiger partial charge in [-0.2, -0.15) is 0 Å². The summed E-state index contributed by atoms with van der Waals surface area (Å²) in [4.78, 5) is 24.8. The highest BCUT2D eigenvalue weighted by Crippen LogP contribution is 2.36. The Morgan fingerprint density at radius 1 is 1.06 bits per heavy atom. The fourth-order valence-corrected chi connectivity index (χ4v) is 5.23. The molecule has 164 valence electrons. The molecule has 1 aliphatic rings. The lowest BCUT2D eigenvalue weighted by molar-refractivity contribution is -0.122. The molecule has 4 rings (SSSR count). The highest BCUT2D eigenvalue weighted by atomic mass is 32.2. The van der Waals surface area contributed by atoms with Crippen LogP contribution in [0.5, 0.6) is 0 Å². The number of furan rings is 1. The van der Waals surface area contributed by atoms with Crippen molar-refractivity contribution in [1.82, 2.24) is 9.62 Å². The van der Waals surface area contributed by atoms with Crippen LogP contribution in [0.1, 0.15) is 34.2 Å². The second-order valence-electron chi connectivity index (χ2n) is 7.24. The molecule has 1 aromatic heterocycles. The molecule has 7 nitrogen and oxygen atoms in total. The number of amides is 2. The van der Waals surface area contributed by atoms with Crippen LogP contribution >= 0.6 is 0 Å². The number of hydrogen-bond donors (Lipinski definition) is 1. The van der Waals surface area contributed by atoms with Gasteiger partial charge in [-0.05, 0) is 54.4 Å². The third kappa shape index (κ3) is 4.06. The molecule has 2 aromatic carbocycles. The van der Waals surface area contributed by atoms with Crippen molar-refractivity contribution < 1.29 is 26.8 Å². The third-order valence-electron chi connectivity index (χ3n) is 5.09. The van der Waals surface area contributed by atoms with E-state index in [9.17, 15) is 22.4 Å². The molecule has 0 atom stereocenters. The highest BCUT2D eigenvalue weighted by Gasteiger charge is 2.42. The Hall–Kier alpha value is -3.72. The molecule has 0 saturated heterocycles. The topological polar surface area (TPSA) is 96.7 Å². The molecule has 3 aromatic rings. The molecule has 0 spiro atoms. The van der Waals surface area contributed by atoms with Gasteiger partial charge in [0.05, 0.1) is 19.4 Å². The summed E-state index contributed by atoms with van der Waals surface area (Å²) < 4.78 is 45.3. The zero-order chi connectivity index (χ0) is 22.9. The normalized spacial score (nSPS) is 15.3. The van der Waals surface area contributed by atoms with Crippen LogP contribution in [0.2, 0.25) is 0 Å². The molecule has 9 heteroatoms. The van der Waals surface area contributed by atoms with Crippen LogP contribution in [0.4, 0.5) is 4.39 Å². The van der Waals surface area contributed by atoms with Crippen LogP contribution in [-0.4, -0.2) is 24.5 Å². The summed E-state index contributed by atoms with van der Waals surface area (Å²) in [6.07, 6.45) is 1.52. The summed E-state index contributed by atoms with van der Waals surface area (Å²) in [6.45, 7) is 1.49. The Balaban J connectivity index is 1.49. The predicted octanol–water partition coefficient (Wildman–Crippen LogP) is 3.45. The fourth-order valence-electron chi connectivity index (χ4n) is 3.43. The van der Waals surface area contributed by atoms with Crippen LogP contribution in [0.3, 0.4) is 0 Å². The first-order valence-corrected chi connectivity index (χ1v) is 11.1. The quantitative estimate of drug-likeness (QED) is 0.615. The van der Waals surface area contributed by atoms with Crippen molar-refractivity contribution in [2.45, 2.75) is 20.0 Å². The van der Waals surface area contributed by atoms with Gasteiger partial charge in [0.2, 0.25) is 0 Å². The van der Waals surface area contributed by atoms with E-state index in [1.54, 1.807) is 36.4 Å². The van der Waals surface area contributed by atoms with Gasteiger partial charge in [0.1, 0.15) is 16.5 Å². The van der Waals surface area contributed by atoms with Crippen LogP contribution < -0.4 is 5.32 Å². The lowest BCUT2D eigenvalue weighted by Gasteiger charge is -2.17. The molecular weight excluding hydrogens is 435 g/mol. The Morgan fingerprint density at radius 3 is 2.38 bits per heavy atom. The molecule has 0 saturated carbocycles. The van der Waals surface area contributed by atoms with Crippen molar-refractivity contribution in [3.05, 3.63) is 101 Å². The monoisotopic (exact) mass is 454 g/mol. The van der Waals surface area contributed by atoms with Gasteiger partial charge in [0.25, 0.3) is 21.8 Å². The maximum Gasteiger partial charge on any atom is 0.268 e. The number of hydrogen-bond acceptors (Lipinski definition) is 5. The van der Waals surface area contributed by atoms with Crippen molar-refractivity contribution in [3.8, 4) is 0 Å². The first kappa shape index (κ1) is 21.5. The smallest absolute Gasteiger partial charge is 0.268 e. The number of rotatable bonds is 6. The van der Waals surface area contributed by atoms with Crippen molar-refractivity contribution in [2.75, 3.05) is 0 Å². The number of carbonyl (C=O) groups excluding carboxylic acids is 2. The van der Waals surface area contributed by atoms with Crippen LogP contribution in [0.25, 0.3) is 4.91 Å². The molecule has 0 unspecified atom stereocenters. The summed E-state index contributed by atoms with van der Waals surface area (Å²) in [5, 5.41) is 2.72. The lowest BCUT2D eigenvalue weighted by Crippen LogP contribution is -2.31. The van der Waals surface area contributed by atoms with E-state index < -0.39 is 21.7 Å². The Kier molecular flexibility index (Phi) is 5.67. The molecule has 32 heavy (non-hydrogen) atoms. The maximum absolute atomic E-state index is 13.2. The average molecular weight is 454 g/mol. The Morgan fingerprint density at radius 2 is 1.75 bits per heavy atom. The minimum atomic E-state index is -4.10. The molecular formula is C23H19FN2O5S. The van der Waals surface area contributed by atoms with Crippen molar-refractivity contribution in [3.63, 3.8) is 0 Å². The molecule has 0 radical (unpaired) electrons. The second kappa shape index (κ2) is 8.43. The van der Waals surface area contributed by atoms with Crippen molar-refractivity contribution in [1.29, 1.82) is 0 Å². The van der Waals surface area contributed by atoms with Gasteiger partial charge in [0.15, 0.2) is 0 Å².